The Morgan fingerprint density at radius 3 is 2.59 bits per heavy atom. The molecule has 1 aliphatic rings. The van der Waals surface area contributed by atoms with Gasteiger partial charge in [-0.1, -0.05) is 67.4 Å². The molecule has 1 saturated carbocycles. The van der Waals surface area contributed by atoms with Gasteiger partial charge in [0, 0.05) is 35.2 Å². The van der Waals surface area contributed by atoms with E-state index in [2.05, 4.69) is 64.5 Å². The minimum atomic E-state index is -0.272. The Balaban J connectivity index is 1.48. The molecule has 0 saturated heterocycles. The molecule has 4 aromatic rings. The van der Waals surface area contributed by atoms with Crippen molar-refractivity contribution in [2.75, 3.05) is 0 Å². The quantitative estimate of drug-likeness (QED) is 0.328. The van der Waals surface area contributed by atoms with Gasteiger partial charge in [-0.15, -0.1) is 0 Å². The molecule has 4 heteroatoms. The number of nitriles is 1. The summed E-state index contributed by atoms with van der Waals surface area (Å²) in [5.74, 6) is -0.272. The Morgan fingerprint density at radius 2 is 1.78 bits per heavy atom. The van der Waals surface area contributed by atoms with Gasteiger partial charge in [-0.25, -0.2) is 0 Å². The van der Waals surface area contributed by atoms with Crippen LogP contribution in [0.3, 0.4) is 0 Å². The van der Waals surface area contributed by atoms with E-state index in [4.69, 9.17) is 0 Å². The van der Waals surface area contributed by atoms with E-state index in [0.717, 1.165) is 48.7 Å². The second-order valence-electron chi connectivity index (χ2n) is 8.54. The summed E-state index contributed by atoms with van der Waals surface area (Å²) in [4.78, 5) is 12.7. The molecule has 1 amide bonds. The molecule has 1 aromatic heterocycles. The van der Waals surface area contributed by atoms with Gasteiger partial charge in [0.2, 0.25) is 0 Å². The molecule has 1 heterocycles. The fourth-order valence-electron chi connectivity index (χ4n) is 4.69. The zero-order valence-corrected chi connectivity index (χ0v) is 17.9. The van der Waals surface area contributed by atoms with Gasteiger partial charge in [-0.2, -0.15) is 5.26 Å². The van der Waals surface area contributed by atoms with Crippen molar-refractivity contribution in [2.45, 2.75) is 38.3 Å². The van der Waals surface area contributed by atoms with Crippen molar-refractivity contribution in [1.82, 2.24) is 9.88 Å². The minimum absolute atomic E-state index is 0.158. The lowest BCUT2D eigenvalue weighted by Crippen LogP contribution is -2.33. The van der Waals surface area contributed by atoms with Gasteiger partial charge in [0.1, 0.15) is 11.6 Å². The highest BCUT2D eigenvalue weighted by molar-refractivity contribution is 6.04. The van der Waals surface area contributed by atoms with Gasteiger partial charge in [-0.05, 0) is 47.4 Å². The molecule has 5 rings (SSSR count). The lowest BCUT2D eigenvalue weighted by atomic mass is 10.1. The number of nitrogens with zero attached hydrogens (tertiary/aromatic N) is 2. The lowest BCUT2D eigenvalue weighted by molar-refractivity contribution is -0.117. The van der Waals surface area contributed by atoms with E-state index < -0.39 is 0 Å². The molecule has 3 aromatic carbocycles. The maximum absolute atomic E-state index is 12.7. The van der Waals surface area contributed by atoms with Crippen molar-refractivity contribution in [2.24, 2.45) is 0 Å². The van der Waals surface area contributed by atoms with E-state index in [0.29, 0.717) is 0 Å². The van der Waals surface area contributed by atoms with Gasteiger partial charge in [0.25, 0.3) is 5.91 Å². The first-order chi connectivity index (χ1) is 15.7. The first-order valence-electron chi connectivity index (χ1n) is 11.2. The summed E-state index contributed by atoms with van der Waals surface area (Å²) in [7, 11) is 0. The van der Waals surface area contributed by atoms with Crippen molar-refractivity contribution in [3.05, 3.63) is 89.6 Å². The maximum Gasteiger partial charge on any atom is 0.262 e. The summed E-state index contributed by atoms with van der Waals surface area (Å²) in [6.45, 7) is 0.718. The second-order valence-corrected chi connectivity index (χ2v) is 8.54. The van der Waals surface area contributed by atoms with Crippen LogP contribution in [0, 0.1) is 11.3 Å². The van der Waals surface area contributed by atoms with Gasteiger partial charge >= 0.3 is 0 Å². The van der Waals surface area contributed by atoms with Crippen LogP contribution >= 0.6 is 0 Å². The number of fused-ring (bicyclic) bond motifs is 2. The van der Waals surface area contributed by atoms with Crippen LogP contribution in [0.2, 0.25) is 0 Å². The van der Waals surface area contributed by atoms with E-state index >= 15 is 0 Å². The predicted octanol–water partition coefficient (Wildman–Crippen LogP) is 5.81. The summed E-state index contributed by atoms with van der Waals surface area (Å²) in [5, 5.41) is 16.2. The molecule has 0 atom stereocenters. The van der Waals surface area contributed by atoms with Crippen molar-refractivity contribution < 1.29 is 4.79 Å². The smallest absolute Gasteiger partial charge is 0.262 e. The lowest BCUT2D eigenvalue weighted by Gasteiger charge is -2.10. The molecular weight excluding hydrogens is 394 g/mol. The van der Waals surface area contributed by atoms with Crippen molar-refractivity contribution in [3.8, 4) is 6.07 Å². The van der Waals surface area contributed by atoms with Crippen LogP contribution in [-0.4, -0.2) is 16.5 Å². The summed E-state index contributed by atoms with van der Waals surface area (Å²) in [6.07, 6.45) is 8.03. The van der Waals surface area contributed by atoms with Crippen LogP contribution in [0.5, 0.6) is 0 Å². The number of hydrogen-bond acceptors (Lipinski definition) is 2. The minimum Gasteiger partial charge on any atom is -0.349 e. The monoisotopic (exact) mass is 419 g/mol. The second kappa shape index (κ2) is 8.72. The van der Waals surface area contributed by atoms with Crippen LogP contribution < -0.4 is 5.32 Å². The third-order valence-electron chi connectivity index (χ3n) is 6.34. The molecule has 0 spiro atoms. The molecule has 1 aliphatic carbocycles. The third-order valence-corrected chi connectivity index (χ3v) is 6.34. The first kappa shape index (κ1) is 20.1. The van der Waals surface area contributed by atoms with Crippen LogP contribution in [0.1, 0.15) is 36.8 Å². The highest BCUT2D eigenvalue weighted by Gasteiger charge is 2.20. The summed E-state index contributed by atoms with van der Waals surface area (Å²) < 4.78 is 2.19. The average Bonchev–Trinajstić information content (AvgIpc) is 3.45. The maximum atomic E-state index is 12.7. The van der Waals surface area contributed by atoms with Crippen molar-refractivity contribution in [1.29, 1.82) is 5.26 Å². The Morgan fingerprint density at radius 1 is 1.03 bits per heavy atom. The fourth-order valence-corrected chi connectivity index (χ4v) is 4.69. The topological polar surface area (TPSA) is 57.8 Å². The van der Waals surface area contributed by atoms with E-state index in [1.54, 1.807) is 6.08 Å². The number of nitrogens with one attached hydrogen (secondary N) is 1. The van der Waals surface area contributed by atoms with Gasteiger partial charge in [0.05, 0.1) is 0 Å². The molecule has 1 fully saturated rings. The normalized spacial score (nSPS) is 14.7. The number of carbonyl (C=O) groups is 1. The van der Waals surface area contributed by atoms with E-state index in [9.17, 15) is 10.1 Å². The van der Waals surface area contributed by atoms with Crippen molar-refractivity contribution in [3.63, 3.8) is 0 Å². The number of aromatic nitrogens is 1. The van der Waals surface area contributed by atoms with Crippen LogP contribution in [0.4, 0.5) is 0 Å². The Kier molecular flexibility index (Phi) is 5.47. The SMILES string of the molecule is N#C/C(=C/c1cn(Cc2ccc3ccccc3c2)c2ccccc12)C(=O)NC1CCCC1. The summed E-state index contributed by atoms with van der Waals surface area (Å²) >= 11 is 0. The molecule has 158 valence electrons. The van der Waals surface area contributed by atoms with E-state index in [-0.39, 0.29) is 17.5 Å². The number of hydrogen-bond donors (Lipinski definition) is 1. The molecule has 0 bridgehead atoms. The van der Waals surface area contributed by atoms with E-state index in [1.807, 2.05) is 24.4 Å². The summed E-state index contributed by atoms with van der Waals surface area (Å²) in [5.41, 5.74) is 3.34. The highest BCUT2D eigenvalue weighted by atomic mass is 16.1. The third kappa shape index (κ3) is 4.02. The fraction of sp³-hybridized carbons (Fsp3) is 0.214. The van der Waals surface area contributed by atoms with Crippen molar-refractivity contribution >= 4 is 33.7 Å². The number of rotatable bonds is 5. The van der Waals surface area contributed by atoms with Gasteiger partial charge in [-0.3, -0.25) is 4.79 Å². The van der Waals surface area contributed by atoms with Crippen LogP contribution in [0.15, 0.2) is 78.5 Å². The molecule has 32 heavy (non-hydrogen) atoms. The molecule has 4 nitrogen and oxygen atoms in total. The largest absolute Gasteiger partial charge is 0.349 e. The molecular formula is C28H25N3O. The first-order valence-corrected chi connectivity index (χ1v) is 11.2. The zero-order chi connectivity index (χ0) is 21.9. The number of benzene rings is 3. The standard InChI is InChI=1S/C28H25N3O/c29-17-23(28(32)30-25-9-3-4-10-25)16-24-19-31(27-12-6-5-11-26(24)27)18-20-13-14-21-7-1-2-8-22(21)15-20/h1-2,5-8,11-16,19,25H,3-4,9-10,18H2,(H,30,32)/b23-16-. The van der Waals surface area contributed by atoms with E-state index in [1.165, 1.54) is 16.3 Å². The predicted molar refractivity (Wildman–Crippen MR) is 129 cm³/mol. The zero-order valence-electron chi connectivity index (χ0n) is 17.9. The molecule has 0 unspecified atom stereocenters. The summed E-state index contributed by atoms with van der Waals surface area (Å²) in [6, 6.07) is 25.3. The number of para-hydroxylation sites is 1. The molecule has 0 radical (unpaired) electrons. The van der Waals surface area contributed by atoms with Gasteiger partial charge in [0.15, 0.2) is 0 Å². The number of amides is 1. The number of carbonyl (C=O) groups excluding carboxylic acids is 1. The van der Waals surface area contributed by atoms with Crippen LogP contribution in [-0.2, 0) is 11.3 Å². The van der Waals surface area contributed by atoms with Gasteiger partial charge < -0.3 is 9.88 Å². The Bertz CT molecular complexity index is 1370. The molecule has 0 aliphatic heterocycles. The Labute approximate surface area is 187 Å². The highest BCUT2D eigenvalue weighted by Crippen LogP contribution is 2.26. The molecule has 1 N–H and O–H groups in total. The Hall–Kier alpha value is -3.84. The van der Waals surface area contributed by atoms with Crippen LogP contribution in [0.25, 0.3) is 27.8 Å². The average molecular weight is 420 g/mol.